The maximum absolute atomic E-state index is 11.5. The first-order valence-electron chi connectivity index (χ1n) is 9.41. The van der Waals surface area contributed by atoms with Crippen LogP contribution >= 0.6 is 0 Å². The van der Waals surface area contributed by atoms with Crippen molar-refractivity contribution in [1.29, 1.82) is 0 Å². The van der Waals surface area contributed by atoms with Crippen molar-refractivity contribution in [2.45, 2.75) is 91.3 Å². The van der Waals surface area contributed by atoms with Crippen molar-refractivity contribution in [3.8, 4) is 0 Å². The van der Waals surface area contributed by atoms with E-state index in [4.69, 9.17) is 9.47 Å². The summed E-state index contributed by atoms with van der Waals surface area (Å²) in [5.41, 5.74) is 0.375. The smallest absolute Gasteiger partial charge is 0.309 e. The van der Waals surface area contributed by atoms with Crippen LogP contribution in [0.1, 0.15) is 80.1 Å². The van der Waals surface area contributed by atoms with Gasteiger partial charge in [-0.2, -0.15) is 0 Å². The highest BCUT2D eigenvalue weighted by Gasteiger charge is 2.31. The Morgan fingerprint density at radius 3 is 1.58 bits per heavy atom. The quantitative estimate of drug-likeness (QED) is 0.536. The minimum Gasteiger partial charge on any atom is -0.460 e. The predicted octanol–water partition coefficient (Wildman–Crippen LogP) is 4.38. The van der Waals surface area contributed by atoms with Crippen molar-refractivity contribution >= 4 is 17.7 Å². The van der Waals surface area contributed by atoms with E-state index in [0.717, 1.165) is 19.3 Å². The fraction of sp³-hybridized carbons (Fsp3) is 0.762. The van der Waals surface area contributed by atoms with Crippen molar-refractivity contribution in [1.82, 2.24) is 0 Å². The van der Waals surface area contributed by atoms with Gasteiger partial charge in [-0.05, 0) is 67.2 Å². The summed E-state index contributed by atoms with van der Waals surface area (Å²) in [6.07, 6.45) is 4.26. The van der Waals surface area contributed by atoms with Gasteiger partial charge in [-0.3, -0.25) is 14.4 Å². The third-order valence-corrected chi connectivity index (χ3v) is 4.11. The summed E-state index contributed by atoms with van der Waals surface area (Å²) in [4.78, 5) is 33.9. The second kappa shape index (κ2) is 8.83. The number of rotatable bonds is 2. The van der Waals surface area contributed by atoms with E-state index in [1.54, 1.807) is 0 Å². The molecule has 2 atom stereocenters. The van der Waals surface area contributed by atoms with Crippen LogP contribution in [-0.4, -0.2) is 28.9 Å². The van der Waals surface area contributed by atoms with Gasteiger partial charge in [0, 0.05) is 12.8 Å². The van der Waals surface area contributed by atoms with Crippen molar-refractivity contribution < 1.29 is 23.9 Å². The van der Waals surface area contributed by atoms with Gasteiger partial charge in [-0.1, -0.05) is 12.2 Å². The Hall–Kier alpha value is -1.65. The lowest BCUT2D eigenvalue weighted by atomic mass is 10.1. The van der Waals surface area contributed by atoms with Gasteiger partial charge in [0.2, 0.25) is 0 Å². The van der Waals surface area contributed by atoms with E-state index in [1.807, 2.05) is 41.5 Å². The largest absolute Gasteiger partial charge is 0.460 e. The van der Waals surface area contributed by atoms with E-state index in [0.29, 0.717) is 19.3 Å². The lowest BCUT2D eigenvalue weighted by Gasteiger charge is -2.21. The van der Waals surface area contributed by atoms with Gasteiger partial charge in [-0.15, -0.1) is 0 Å². The maximum atomic E-state index is 11.5. The third kappa shape index (κ3) is 8.63. The first-order valence-corrected chi connectivity index (χ1v) is 9.41. The number of ether oxygens (including phenoxy) is 2. The van der Waals surface area contributed by atoms with Crippen LogP contribution in [0.15, 0.2) is 12.2 Å². The molecule has 0 spiro atoms. The van der Waals surface area contributed by atoms with Crippen molar-refractivity contribution in [3.63, 3.8) is 0 Å². The molecule has 0 N–H and O–H groups in total. The number of carbonyl (C=O) groups is 3. The van der Waals surface area contributed by atoms with Crippen LogP contribution in [0.3, 0.4) is 0 Å². The van der Waals surface area contributed by atoms with Crippen molar-refractivity contribution in [3.05, 3.63) is 12.2 Å². The number of esters is 2. The van der Waals surface area contributed by atoms with E-state index in [1.165, 1.54) is 5.57 Å². The topological polar surface area (TPSA) is 69.7 Å². The molecule has 0 aromatic rings. The summed E-state index contributed by atoms with van der Waals surface area (Å²) in [6.45, 7) is 15.1. The van der Waals surface area contributed by atoms with Crippen molar-refractivity contribution in [2.24, 2.45) is 11.8 Å². The van der Waals surface area contributed by atoms with Crippen LogP contribution in [-0.2, 0) is 23.9 Å². The first-order chi connectivity index (χ1) is 11.8. The first kappa shape index (κ1) is 22.4. The lowest BCUT2D eigenvalue weighted by Crippen LogP contribution is -2.27. The van der Waals surface area contributed by atoms with Gasteiger partial charge >= 0.3 is 11.9 Å². The maximum Gasteiger partial charge on any atom is 0.309 e. The average molecular weight is 366 g/mol. The van der Waals surface area contributed by atoms with Crippen LogP contribution in [0.4, 0.5) is 0 Å². The molecule has 5 heteroatoms. The van der Waals surface area contributed by atoms with Gasteiger partial charge in [0.15, 0.2) is 0 Å². The highest BCUT2D eigenvalue weighted by atomic mass is 16.6. The molecule has 0 amide bonds. The Kier molecular flexibility index (Phi) is 7.60. The second-order valence-electron chi connectivity index (χ2n) is 9.24. The molecule has 0 radical (unpaired) electrons. The van der Waals surface area contributed by atoms with E-state index in [2.05, 4.69) is 6.58 Å². The summed E-state index contributed by atoms with van der Waals surface area (Å²) in [7, 11) is 0. The molecule has 5 nitrogen and oxygen atoms in total. The summed E-state index contributed by atoms with van der Waals surface area (Å²) in [5.74, 6) is -0.237. The zero-order valence-corrected chi connectivity index (χ0v) is 17.1. The summed E-state index contributed by atoms with van der Waals surface area (Å²) in [5, 5.41) is 0. The minimum absolute atomic E-state index is 0.0618. The number of carbonyl (C=O) groups excluding carboxylic acids is 3. The van der Waals surface area contributed by atoms with E-state index in [-0.39, 0.29) is 35.2 Å². The molecule has 0 aromatic carbocycles. The molecule has 2 rings (SSSR count). The molecule has 2 aliphatic carbocycles. The summed E-state index contributed by atoms with van der Waals surface area (Å²) < 4.78 is 10.5. The van der Waals surface area contributed by atoms with Crippen LogP contribution in [0, 0.1) is 11.8 Å². The fourth-order valence-corrected chi connectivity index (χ4v) is 2.92. The predicted molar refractivity (Wildman–Crippen MR) is 101 cm³/mol. The molecule has 2 fully saturated rings. The lowest BCUT2D eigenvalue weighted by molar-refractivity contribution is -0.160. The van der Waals surface area contributed by atoms with Crippen molar-refractivity contribution in [2.75, 3.05) is 0 Å². The minimum atomic E-state index is -0.442. The van der Waals surface area contributed by atoms with Crippen LogP contribution in [0.25, 0.3) is 0 Å². The molecule has 0 heterocycles. The summed E-state index contributed by atoms with van der Waals surface area (Å²) >= 11 is 0. The molecule has 0 aromatic heterocycles. The van der Waals surface area contributed by atoms with Crippen LogP contribution in [0.5, 0.6) is 0 Å². The number of hydrogen-bond donors (Lipinski definition) is 0. The molecule has 26 heavy (non-hydrogen) atoms. The Labute approximate surface area is 157 Å². The third-order valence-electron chi connectivity index (χ3n) is 4.11. The SMILES string of the molecule is C=C1CCC(C(=O)OC(C)(C)C)C1.CC(C)(C)OC(=O)C1CCC(=O)C1. The highest BCUT2D eigenvalue weighted by Crippen LogP contribution is 2.30. The molecule has 2 saturated carbocycles. The average Bonchev–Trinajstić information content (AvgIpc) is 3.04. The molecular formula is C21H34O5. The fourth-order valence-electron chi connectivity index (χ4n) is 2.92. The molecule has 148 valence electrons. The molecule has 0 aliphatic heterocycles. The van der Waals surface area contributed by atoms with Gasteiger partial charge in [0.05, 0.1) is 11.8 Å². The Bertz CT molecular complexity index is 498. The zero-order valence-electron chi connectivity index (χ0n) is 17.1. The highest BCUT2D eigenvalue weighted by molar-refractivity contribution is 5.87. The number of allylic oxidation sites excluding steroid dienone is 1. The number of ketones is 1. The molecule has 0 bridgehead atoms. The molecular weight excluding hydrogens is 332 g/mol. The molecule has 2 unspecified atom stereocenters. The van der Waals surface area contributed by atoms with Gasteiger partial charge in [-0.25, -0.2) is 0 Å². The summed E-state index contributed by atoms with van der Waals surface area (Å²) in [6, 6.07) is 0. The number of Topliss-reactive ketones (excluding diaryl/α,β-unsaturated/α-hetero) is 1. The Morgan fingerprint density at radius 2 is 1.27 bits per heavy atom. The van der Waals surface area contributed by atoms with Gasteiger partial charge in [0.1, 0.15) is 17.0 Å². The molecule has 0 saturated heterocycles. The Morgan fingerprint density at radius 1 is 0.846 bits per heavy atom. The Balaban J connectivity index is 0.000000260. The number of hydrogen-bond acceptors (Lipinski definition) is 5. The van der Waals surface area contributed by atoms with Crippen LogP contribution < -0.4 is 0 Å². The van der Waals surface area contributed by atoms with Crippen LogP contribution in [0.2, 0.25) is 0 Å². The van der Waals surface area contributed by atoms with Gasteiger partial charge < -0.3 is 9.47 Å². The monoisotopic (exact) mass is 366 g/mol. The standard InChI is InChI=1S/C11H18O2.C10H16O3/c1-8-5-6-9(7-8)10(12)13-11(2,3)4;1-10(2,3)13-9(12)7-4-5-8(11)6-7/h9H,1,5-7H2,2-4H3;7H,4-6H2,1-3H3. The second-order valence-corrected chi connectivity index (χ2v) is 9.24. The van der Waals surface area contributed by atoms with Gasteiger partial charge in [0.25, 0.3) is 0 Å². The van der Waals surface area contributed by atoms with E-state index >= 15 is 0 Å². The normalized spacial score (nSPS) is 23.3. The molecule has 2 aliphatic rings. The zero-order chi connectivity index (χ0) is 20.1. The van der Waals surface area contributed by atoms with E-state index < -0.39 is 5.60 Å². The van der Waals surface area contributed by atoms with E-state index in [9.17, 15) is 14.4 Å².